The van der Waals surface area contributed by atoms with Crippen molar-refractivity contribution in [3.63, 3.8) is 0 Å². The summed E-state index contributed by atoms with van der Waals surface area (Å²) in [5.41, 5.74) is 5.10. The van der Waals surface area contributed by atoms with Crippen LogP contribution in [0.2, 0.25) is 5.02 Å². The van der Waals surface area contributed by atoms with Crippen LogP contribution in [-0.2, 0) is 13.2 Å². The number of nitrogens with zero attached hydrogens (tertiary/aromatic N) is 3. The average Bonchev–Trinajstić information content (AvgIpc) is 3.26. The predicted molar refractivity (Wildman–Crippen MR) is 127 cm³/mol. The van der Waals surface area contributed by atoms with Crippen molar-refractivity contribution < 1.29 is 14.1 Å². The second-order valence-electron chi connectivity index (χ2n) is 7.96. The van der Waals surface area contributed by atoms with Gasteiger partial charge in [0, 0.05) is 5.02 Å². The maximum Gasteiger partial charge on any atom is 0.278 e. The minimum atomic E-state index is -0.372. The first-order valence-electron chi connectivity index (χ1n) is 10.6. The predicted octanol–water partition coefficient (Wildman–Crippen LogP) is 5.64. The second-order valence-corrected chi connectivity index (χ2v) is 8.40. The van der Waals surface area contributed by atoms with Gasteiger partial charge in [0.05, 0.1) is 29.2 Å². The van der Waals surface area contributed by atoms with E-state index in [1.807, 2.05) is 74.0 Å². The Balaban J connectivity index is 1.51. The van der Waals surface area contributed by atoms with Gasteiger partial charge in [-0.05, 0) is 63.1 Å². The minimum absolute atomic E-state index is 0.174. The molecule has 2 aromatic carbocycles. The van der Waals surface area contributed by atoms with E-state index >= 15 is 0 Å². The Morgan fingerprint density at radius 1 is 1.12 bits per heavy atom. The molecule has 0 aliphatic rings. The van der Waals surface area contributed by atoms with Gasteiger partial charge in [0.25, 0.3) is 5.91 Å². The number of aromatic nitrogens is 3. The monoisotopic (exact) mass is 464 g/mol. The van der Waals surface area contributed by atoms with Crippen LogP contribution in [0.25, 0.3) is 0 Å². The van der Waals surface area contributed by atoms with Gasteiger partial charge in [-0.2, -0.15) is 5.10 Å². The fraction of sp³-hybridized carbons (Fsp3) is 0.240. The van der Waals surface area contributed by atoms with Gasteiger partial charge in [-0.15, -0.1) is 0 Å². The average molecular weight is 465 g/mol. The minimum Gasteiger partial charge on any atom is -0.489 e. The lowest BCUT2D eigenvalue weighted by Crippen LogP contribution is -2.16. The fourth-order valence-electron chi connectivity index (χ4n) is 3.61. The lowest BCUT2D eigenvalue weighted by Gasteiger charge is -2.09. The molecule has 0 aliphatic carbocycles. The summed E-state index contributed by atoms with van der Waals surface area (Å²) in [6, 6.07) is 15.3. The second kappa shape index (κ2) is 9.50. The Morgan fingerprint density at radius 3 is 2.67 bits per heavy atom. The summed E-state index contributed by atoms with van der Waals surface area (Å²) in [6.07, 6.45) is 0. The van der Waals surface area contributed by atoms with Crippen LogP contribution in [-0.4, -0.2) is 20.8 Å². The van der Waals surface area contributed by atoms with Gasteiger partial charge in [0.15, 0.2) is 5.69 Å². The molecule has 4 rings (SSSR count). The van der Waals surface area contributed by atoms with Crippen LogP contribution < -0.4 is 10.1 Å². The van der Waals surface area contributed by atoms with Gasteiger partial charge >= 0.3 is 0 Å². The van der Waals surface area contributed by atoms with Crippen molar-refractivity contribution in [1.82, 2.24) is 14.9 Å². The van der Waals surface area contributed by atoms with Crippen molar-refractivity contribution >= 4 is 23.2 Å². The maximum absolute atomic E-state index is 13.1. The quantitative estimate of drug-likeness (QED) is 0.383. The SMILES string of the molecule is Cc1cccc(OCc2c(C(=O)Nc3c(C)nn(Cc4cccc(Cl)c4)c3C)noc2C)c1. The van der Waals surface area contributed by atoms with Crippen molar-refractivity contribution in [2.24, 2.45) is 0 Å². The molecule has 0 atom stereocenters. The number of nitrogens with one attached hydrogen (secondary N) is 1. The molecule has 0 saturated heterocycles. The lowest BCUT2D eigenvalue weighted by atomic mass is 10.2. The number of halogens is 1. The molecule has 0 unspecified atom stereocenters. The molecule has 2 heterocycles. The van der Waals surface area contributed by atoms with E-state index < -0.39 is 0 Å². The Kier molecular flexibility index (Phi) is 6.51. The van der Waals surface area contributed by atoms with Gasteiger partial charge in [-0.3, -0.25) is 9.48 Å². The smallest absolute Gasteiger partial charge is 0.278 e. The first-order valence-corrected chi connectivity index (χ1v) is 10.9. The van der Waals surface area contributed by atoms with E-state index in [1.165, 1.54) is 0 Å². The highest BCUT2D eigenvalue weighted by Gasteiger charge is 2.23. The Morgan fingerprint density at radius 2 is 1.91 bits per heavy atom. The van der Waals surface area contributed by atoms with Crippen LogP contribution >= 0.6 is 11.6 Å². The van der Waals surface area contributed by atoms with Crippen molar-refractivity contribution in [1.29, 1.82) is 0 Å². The molecule has 1 amide bonds. The van der Waals surface area contributed by atoms with E-state index in [9.17, 15) is 4.79 Å². The zero-order valence-corrected chi connectivity index (χ0v) is 19.7. The first kappa shape index (κ1) is 22.6. The van der Waals surface area contributed by atoms with E-state index in [-0.39, 0.29) is 18.2 Å². The van der Waals surface area contributed by atoms with Crippen molar-refractivity contribution in [2.75, 3.05) is 5.32 Å². The number of amides is 1. The van der Waals surface area contributed by atoms with Crippen LogP contribution in [0.3, 0.4) is 0 Å². The third-order valence-corrected chi connectivity index (χ3v) is 5.65. The van der Waals surface area contributed by atoms with Crippen LogP contribution in [0.5, 0.6) is 5.75 Å². The lowest BCUT2D eigenvalue weighted by molar-refractivity contribution is 0.101. The topological polar surface area (TPSA) is 82.2 Å². The maximum atomic E-state index is 13.1. The summed E-state index contributed by atoms with van der Waals surface area (Å²) in [7, 11) is 0. The van der Waals surface area contributed by atoms with Gasteiger partial charge in [-0.25, -0.2) is 0 Å². The van der Waals surface area contributed by atoms with Gasteiger partial charge in [0.1, 0.15) is 18.1 Å². The molecule has 33 heavy (non-hydrogen) atoms. The molecule has 170 valence electrons. The highest BCUT2D eigenvalue weighted by Crippen LogP contribution is 2.24. The number of rotatable bonds is 7. The van der Waals surface area contributed by atoms with Gasteiger partial charge < -0.3 is 14.6 Å². The highest BCUT2D eigenvalue weighted by atomic mass is 35.5. The molecular weight excluding hydrogens is 440 g/mol. The van der Waals surface area contributed by atoms with E-state index in [2.05, 4.69) is 15.6 Å². The summed E-state index contributed by atoms with van der Waals surface area (Å²) >= 11 is 6.10. The summed E-state index contributed by atoms with van der Waals surface area (Å²) in [6.45, 7) is 8.24. The molecule has 0 fully saturated rings. The zero-order valence-electron chi connectivity index (χ0n) is 19.0. The van der Waals surface area contributed by atoms with E-state index in [1.54, 1.807) is 6.92 Å². The third kappa shape index (κ3) is 5.09. The summed E-state index contributed by atoms with van der Waals surface area (Å²) in [4.78, 5) is 13.1. The van der Waals surface area contributed by atoms with Gasteiger partial charge in [-0.1, -0.05) is 41.0 Å². The van der Waals surface area contributed by atoms with E-state index in [4.69, 9.17) is 20.9 Å². The number of aryl methyl sites for hydroxylation is 3. The molecule has 0 saturated carbocycles. The third-order valence-electron chi connectivity index (χ3n) is 5.41. The summed E-state index contributed by atoms with van der Waals surface area (Å²) < 4.78 is 13.0. The zero-order chi connectivity index (χ0) is 23.5. The Labute approximate surface area is 197 Å². The van der Waals surface area contributed by atoms with E-state index in [0.717, 1.165) is 22.6 Å². The Hall–Kier alpha value is -3.58. The van der Waals surface area contributed by atoms with Crippen LogP contribution in [0.15, 0.2) is 53.1 Å². The number of anilines is 1. The molecule has 7 nitrogen and oxygen atoms in total. The van der Waals surface area contributed by atoms with Crippen LogP contribution in [0, 0.1) is 27.7 Å². The molecule has 4 aromatic rings. The number of benzene rings is 2. The molecule has 0 aliphatic heterocycles. The normalized spacial score (nSPS) is 10.9. The molecule has 8 heteroatoms. The van der Waals surface area contributed by atoms with E-state index in [0.29, 0.717) is 34.3 Å². The number of ether oxygens (including phenoxy) is 1. The van der Waals surface area contributed by atoms with Crippen molar-refractivity contribution in [3.05, 3.63) is 93.1 Å². The number of hydrogen-bond acceptors (Lipinski definition) is 5. The highest BCUT2D eigenvalue weighted by molar-refractivity contribution is 6.30. The van der Waals surface area contributed by atoms with Crippen molar-refractivity contribution in [2.45, 2.75) is 40.8 Å². The number of hydrogen-bond donors (Lipinski definition) is 1. The van der Waals surface area contributed by atoms with Crippen molar-refractivity contribution in [3.8, 4) is 5.75 Å². The molecule has 1 N–H and O–H groups in total. The standard InChI is InChI=1S/C25H25ClN4O3/c1-15-7-5-10-21(11-15)32-14-22-18(4)33-29-24(22)25(31)27-23-16(2)28-30(17(23)3)13-19-8-6-9-20(26)12-19/h5-12H,13-14H2,1-4H3,(H,27,31). The van der Waals surface area contributed by atoms with Crippen LogP contribution in [0.1, 0.15) is 44.3 Å². The first-order chi connectivity index (χ1) is 15.8. The fourth-order valence-corrected chi connectivity index (χ4v) is 3.83. The summed E-state index contributed by atoms with van der Waals surface area (Å²) in [5, 5.41) is 12.2. The Bertz CT molecular complexity index is 1310. The van der Waals surface area contributed by atoms with Gasteiger partial charge in [0.2, 0.25) is 0 Å². The van der Waals surface area contributed by atoms with Crippen LogP contribution in [0.4, 0.5) is 5.69 Å². The number of carbonyl (C=O) groups excluding carboxylic acids is 1. The molecular formula is C25H25ClN4O3. The molecule has 2 aromatic heterocycles. The molecule has 0 radical (unpaired) electrons. The number of carbonyl (C=O) groups is 1. The molecule has 0 bridgehead atoms. The largest absolute Gasteiger partial charge is 0.489 e. The summed E-state index contributed by atoms with van der Waals surface area (Å²) in [5.74, 6) is 0.886. The molecule has 0 spiro atoms.